The highest BCUT2D eigenvalue weighted by atomic mass is 35.5. The van der Waals surface area contributed by atoms with Gasteiger partial charge >= 0.3 is 0 Å². The van der Waals surface area contributed by atoms with Gasteiger partial charge in [-0.15, -0.1) is 24.0 Å². The number of aromatic nitrogens is 2. The Labute approximate surface area is 189 Å². The molecule has 5 nitrogen and oxygen atoms in total. The average molecular weight is 448 g/mol. The molecule has 0 aliphatic rings. The second-order valence-electron chi connectivity index (χ2n) is 6.08. The quantitative estimate of drug-likeness (QED) is 0.334. The van der Waals surface area contributed by atoms with E-state index in [0.29, 0.717) is 23.8 Å². The van der Waals surface area contributed by atoms with Crippen LogP contribution in [-0.4, -0.2) is 29.3 Å². The first-order valence-corrected chi connectivity index (χ1v) is 10.1. The number of aldehydes is 1. The summed E-state index contributed by atoms with van der Waals surface area (Å²) >= 11 is 5.46. The van der Waals surface area contributed by atoms with Gasteiger partial charge in [0, 0.05) is 37.2 Å². The topological polar surface area (TPSA) is 55.3 Å². The van der Waals surface area contributed by atoms with Crippen molar-refractivity contribution in [2.45, 2.75) is 26.3 Å². The van der Waals surface area contributed by atoms with E-state index in [1.165, 1.54) is 0 Å². The number of hydrogen-bond acceptors (Lipinski definition) is 5. The number of rotatable bonds is 8. The minimum absolute atomic E-state index is 0. The van der Waals surface area contributed by atoms with Crippen LogP contribution in [0, 0.1) is 0 Å². The van der Waals surface area contributed by atoms with Gasteiger partial charge in [-0.25, -0.2) is 0 Å². The molecule has 160 valence electrons. The molecule has 2 heterocycles. The zero-order chi connectivity index (χ0) is 20.9. The molecule has 3 aromatic rings. The van der Waals surface area contributed by atoms with Gasteiger partial charge in [-0.1, -0.05) is 12.1 Å². The molecule has 1 aromatic carbocycles. The molecule has 2 aromatic heterocycles. The van der Waals surface area contributed by atoms with Gasteiger partial charge in [-0.2, -0.15) is 0 Å². The van der Waals surface area contributed by atoms with Crippen molar-refractivity contribution in [1.29, 1.82) is 0 Å². The first-order chi connectivity index (χ1) is 14.2. The maximum absolute atomic E-state index is 11.1. The Kier molecular flexibility index (Phi) is 12.2. The van der Waals surface area contributed by atoms with Gasteiger partial charge in [-0.05, 0) is 50.2 Å². The smallest absolute Gasteiger partial charge is 0.153 e. The minimum atomic E-state index is 0. The Bertz CT molecular complexity index is 861. The number of benzene rings is 1. The maximum Gasteiger partial charge on any atom is 0.153 e. The van der Waals surface area contributed by atoms with Gasteiger partial charge in [0.25, 0.3) is 0 Å². The molecular weight excluding hydrogens is 421 g/mol. The fraction of sp³-hybridized carbons (Fsp3) is 0.261. The van der Waals surface area contributed by atoms with Crippen molar-refractivity contribution in [3.63, 3.8) is 0 Å². The van der Waals surface area contributed by atoms with E-state index in [0.717, 1.165) is 36.5 Å². The second-order valence-corrected chi connectivity index (χ2v) is 6.34. The van der Waals surface area contributed by atoms with Crippen LogP contribution in [0.3, 0.4) is 0 Å². The summed E-state index contributed by atoms with van der Waals surface area (Å²) in [4.78, 5) is 21.5. The number of pyridine rings is 2. The summed E-state index contributed by atoms with van der Waals surface area (Å²) in [6.07, 6.45) is 4.28. The van der Waals surface area contributed by atoms with Crippen LogP contribution in [0.15, 0.2) is 67.0 Å². The van der Waals surface area contributed by atoms with Crippen molar-refractivity contribution in [3.8, 4) is 5.75 Å². The third-order valence-electron chi connectivity index (χ3n) is 4.22. The predicted molar refractivity (Wildman–Crippen MR) is 125 cm³/mol. The third kappa shape index (κ3) is 8.01. The zero-order valence-corrected chi connectivity index (χ0v) is 18.8. The van der Waals surface area contributed by atoms with Crippen LogP contribution in [0.25, 0.3) is 0 Å². The largest absolute Gasteiger partial charge is 0.486 e. The highest BCUT2D eigenvalue weighted by Gasteiger charge is 2.09. The Balaban J connectivity index is 0.000000421. The molecule has 3 rings (SSSR count). The van der Waals surface area contributed by atoms with Crippen LogP contribution in [0.5, 0.6) is 5.75 Å². The highest BCUT2D eigenvalue weighted by molar-refractivity contribution is 6.16. The van der Waals surface area contributed by atoms with Gasteiger partial charge < -0.3 is 9.64 Å². The number of halogens is 2. The molecule has 0 saturated carbocycles. The Hall–Kier alpha value is -2.63. The summed E-state index contributed by atoms with van der Waals surface area (Å²) < 4.78 is 5.77. The van der Waals surface area contributed by atoms with Gasteiger partial charge in [0.05, 0.1) is 22.8 Å². The lowest BCUT2D eigenvalue weighted by Crippen LogP contribution is -2.21. The number of hydrogen-bond donors (Lipinski definition) is 0. The fourth-order valence-electron chi connectivity index (χ4n) is 2.64. The molecule has 0 amide bonds. The van der Waals surface area contributed by atoms with E-state index in [9.17, 15) is 4.79 Å². The van der Waals surface area contributed by atoms with Crippen molar-refractivity contribution >= 4 is 36.0 Å². The Morgan fingerprint density at radius 2 is 1.60 bits per heavy atom. The average Bonchev–Trinajstić information content (AvgIpc) is 2.80. The number of alkyl halides is 1. The summed E-state index contributed by atoms with van der Waals surface area (Å²) in [5.41, 5.74) is 3.38. The van der Waals surface area contributed by atoms with Crippen LogP contribution in [0.1, 0.15) is 35.6 Å². The Morgan fingerprint density at radius 1 is 0.967 bits per heavy atom. The molecule has 0 bridgehead atoms. The van der Waals surface area contributed by atoms with Gasteiger partial charge in [0.15, 0.2) is 6.29 Å². The molecule has 0 aliphatic carbocycles. The SMILES string of the molecule is CCN(CC)c1ccc(C=O)c(OCc2ccccn2)c1.Cl.ClCc1ccccn1. The second kappa shape index (κ2) is 14.4. The molecular formula is C23H27Cl2N3O2. The molecule has 0 saturated heterocycles. The van der Waals surface area contributed by atoms with Gasteiger partial charge in [0.1, 0.15) is 12.4 Å². The molecule has 0 atom stereocenters. The van der Waals surface area contributed by atoms with E-state index in [1.807, 2.05) is 48.5 Å². The molecule has 30 heavy (non-hydrogen) atoms. The molecule has 0 N–H and O–H groups in total. The number of nitrogens with zero attached hydrogens (tertiary/aromatic N) is 3. The monoisotopic (exact) mass is 447 g/mol. The highest BCUT2D eigenvalue weighted by Crippen LogP contribution is 2.25. The summed E-state index contributed by atoms with van der Waals surface area (Å²) in [5, 5.41) is 0. The molecule has 0 spiro atoms. The van der Waals surface area contributed by atoms with E-state index in [4.69, 9.17) is 16.3 Å². The lowest BCUT2D eigenvalue weighted by Gasteiger charge is -2.22. The lowest BCUT2D eigenvalue weighted by atomic mass is 10.2. The molecule has 0 fully saturated rings. The van der Waals surface area contributed by atoms with Crippen LogP contribution in [0.2, 0.25) is 0 Å². The summed E-state index contributed by atoms with van der Waals surface area (Å²) in [7, 11) is 0. The van der Waals surface area contributed by atoms with Crippen LogP contribution < -0.4 is 9.64 Å². The molecule has 0 unspecified atom stereocenters. The lowest BCUT2D eigenvalue weighted by molar-refractivity contribution is 0.111. The van der Waals surface area contributed by atoms with Crippen LogP contribution in [0.4, 0.5) is 5.69 Å². The van der Waals surface area contributed by atoms with Crippen LogP contribution >= 0.6 is 24.0 Å². The van der Waals surface area contributed by atoms with E-state index in [2.05, 4.69) is 28.7 Å². The van der Waals surface area contributed by atoms with Crippen molar-refractivity contribution in [2.75, 3.05) is 18.0 Å². The predicted octanol–water partition coefficient (Wildman–Crippen LogP) is 5.56. The molecule has 0 radical (unpaired) electrons. The first kappa shape index (κ1) is 25.4. The number of anilines is 1. The number of ether oxygens (including phenoxy) is 1. The first-order valence-electron chi connectivity index (χ1n) is 9.54. The zero-order valence-electron chi connectivity index (χ0n) is 17.2. The van der Waals surface area contributed by atoms with E-state index in [1.54, 1.807) is 18.5 Å². The summed E-state index contributed by atoms with van der Waals surface area (Å²) in [5.74, 6) is 1.10. The molecule has 7 heteroatoms. The minimum Gasteiger partial charge on any atom is -0.486 e. The Morgan fingerprint density at radius 3 is 2.07 bits per heavy atom. The van der Waals surface area contributed by atoms with Crippen LogP contribution in [-0.2, 0) is 12.5 Å². The van der Waals surface area contributed by atoms with E-state index in [-0.39, 0.29) is 12.4 Å². The number of carbonyl (C=O) groups excluding carboxylic acids is 1. The van der Waals surface area contributed by atoms with Crippen molar-refractivity contribution in [1.82, 2.24) is 9.97 Å². The molecule has 0 aliphatic heterocycles. The fourth-order valence-corrected chi connectivity index (χ4v) is 2.80. The van der Waals surface area contributed by atoms with Gasteiger partial charge in [0.2, 0.25) is 0 Å². The standard InChI is InChI=1S/C17H20N2O2.C6H6ClN.ClH/c1-3-19(4-2)16-9-8-14(12-20)17(11-16)21-13-15-7-5-6-10-18-15;7-5-6-3-1-2-4-8-6;/h5-12H,3-4,13H2,1-2H3;1-4H,5H2;1H. The maximum atomic E-state index is 11.1. The van der Waals surface area contributed by atoms with E-state index >= 15 is 0 Å². The normalized spacial score (nSPS) is 9.57. The van der Waals surface area contributed by atoms with Crippen molar-refractivity contribution in [3.05, 3.63) is 83.9 Å². The van der Waals surface area contributed by atoms with E-state index < -0.39 is 0 Å². The summed E-state index contributed by atoms with van der Waals surface area (Å²) in [6, 6.07) is 17.0. The number of carbonyl (C=O) groups is 1. The van der Waals surface area contributed by atoms with Crippen molar-refractivity contribution < 1.29 is 9.53 Å². The van der Waals surface area contributed by atoms with Crippen molar-refractivity contribution in [2.24, 2.45) is 0 Å². The van der Waals surface area contributed by atoms with Gasteiger partial charge in [-0.3, -0.25) is 14.8 Å². The summed E-state index contributed by atoms with van der Waals surface area (Å²) in [6.45, 7) is 6.38. The third-order valence-corrected chi connectivity index (χ3v) is 4.49.